The van der Waals surface area contributed by atoms with Crippen LogP contribution in [-0.2, 0) is 0 Å². The van der Waals surface area contributed by atoms with Crippen molar-refractivity contribution in [3.8, 4) is 5.75 Å². The zero-order chi connectivity index (χ0) is 14.9. The molecule has 1 aromatic carbocycles. The Bertz CT molecular complexity index is 641. The molecule has 0 aliphatic heterocycles. The SMILES string of the molecule is Cc1cc(OCC(=O)c2cc(Br)sc2Br)cc(C)c1Br. The van der Waals surface area contributed by atoms with Crippen LogP contribution in [0.15, 0.2) is 30.2 Å². The number of ketones is 1. The fourth-order valence-electron chi connectivity index (χ4n) is 1.75. The Hall–Kier alpha value is -0.170. The molecule has 0 bridgehead atoms. The molecule has 2 rings (SSSR count). The summed E-state index contributed by atoms with van der Waals surface area (Å²) < 4.78 is 8.41. The first-order valence-electron chi connectivity index (χ1n) is 5.76. The van der Waals surface area contributed by atoms with Crippen molar-refractivity contribution in [1.29, 1.82) is 0 Å². The summed E-state index contributed by atoms with van der Waals surface area (Å²) in [4.78, 5) is 12.1. The monoisotopic (exact) mass is 480 g/mol. The van der Waals surface area contributed by atoms with Crippen molar-refractivity contribution < 1.29 is 9.53 Å². The number of rotatable bonds is 4. The molecule has 2 aromatic rings. The molecular formula is C14H11Br3O2S. The third-order valence-electron chi connectivity index (χ3n) is 2.74. The molecule has 1 aromatic heterocycles. The van der Waals surface area contributed by atoms with Gasteiger partial charge in [-0.05, 0) is 75.0 Å². The van der Waals surface area contributed by atoms with E-state index in [1.807, 2.05) is 26.0 Å². The van der Waals surface area contributed by atoms with Crippen LogP contribution in [0.2, 0.25) is 0 Å². The van der Waals surface area contributed by atoms with Gasteiger partial charge in [0.1, 0.15) is 5.75 Å². The van der Waals surface area contributed by atoms with Crippen molar-refractivity contribution in [2.45, 2.75) is 13.8 Å². The number of carbonyl (C=O) groups excluding carboxylic acids is 1. The van der Waals surface area contributed by atoms with E-state index in [4.69, 9.17) is 4.74 Å². The minimum absolute atomic E-state index is 0.0300. The summed E-state index contributed by atoms with van der Waals surface area (Å²) in [6.07, 6.45) is 0. The van der Waals surface area contributed by atoms with E-state index in [9.17, 15) is 4.79 Å². The van der Waals surface area contributed by atoms with Gasteiger partial charge in [-0.25, -0.2) is 0 Å². The molecule has 106 valence electrons. The molecule has 0 fully saturated rings. The van der Waals surface area contributed by atoms with Crippen molar-refractivity contribution in [3.05, 3.63) is 46.9 Å². The predicted octanol–water partition coefficient (Wildman–Crippen LogP) is 5.91. The molecule has 0 aliphatic carbocycles. The summed E-state index contributed by atoms with van der Waals surface area (Å²) in [5.74, 6) is 0.666. The minimum Gasteiger partial charge on any atom is -0.485 e. The second-order valence-corrected chi connectivity index (χ2v) is 8.86. The molecule has 0 saturated heterocycles. The Morgan fingerprint density at radius 3 is 2.25 bits per heavy atom. The molecular weight excluding hydrogens is 472 g/mol. The Balaban J connectivity index is 2.09. The van der Waals surface area contributed by atoms with E-state index in [0.29, 0.717) is 11.3 Å². The Morgan fingerprint density at radius 1 is 1.15 bits per heavy atom. The summed E-state index contributed by atoms with van der Waals surface area (Å²) in [5.41, 5.74) is 2.83. The van der Waals surface area contributed by atoms with E-state index in [2.05, 4.69) is 47.8 Å². The van der Waals surface area contributed by atoms with Crippen molar-refractivity contribution >= 4 is 64.9 Å². The molecule has 0 unspecified atom stereocenters. The fourth-order valence-corrected chi connectivity index (χ4v) is 4.83. The van der Waals surface area contributed by atoms with Crippen molar-refractivity contribution in [2.75, 3.05) is 6.61 Å². The van der Waals surface area contributed by atoms with E-state index in [1.165, 1.54) is 11.3 Å². The summed E-state index contributed by atoms with van der Waals surface area (Å²) >= 11 is 11.7. The molecule has 1 heterocycles. The van der Waals surface area contributed by atoms with Crippen LogP contribution in [0, 0.1) is 13.8 Å². The highest BCUT2D eigenvalue weighted by atomic mass is 79.9. The zero-order valence-corrected chi connectivity index (χ0v) is 16.4. The van der Waals surface area contributed by atoms with Crippen LogP contribution in [0.1, 0.15) is 21.5 Å². The molecule has 0 amide bonds. The van der Waals surface area contributed by atoms with E-state index in [1.54, 1.807) is 6.07 Å². The van der Waals surface area contributed by atoms with Gasteiger partial charge in [-0.2, -0.15) is 0 Å². The molecule has 0 saturated carbocycles. The lowest BCUT2D eigenvalue weighted by Crippen LogP contribution is -2.11. The predicted molar refractivity (Wildman–Crippen MR) is 93.2 cm³/mol. The fraction of sp³-hybridized carbons (Fsp3) is 0.214. The van der Waals surface area contributed by atoms with Gasteiger partial charge in [-0.3, -0.25) is 4.79 Å². The third-order valence-corrected chi connectivity index (χ3v) is 6.33. The van der Waals surface area contributed by atoms with Crippen LogP contribution in [-0.4, -0.2) is 12.4 Å². The molecule has 0 N–H and O–H groups in total. The Morgan fingerprint density at radius 2 is 1.75 bits per heavy atom. The highest BCUT2D eigenvalue weighted by Gasteiger charge is 2.14. The largest absolute Gasteiger partial charge is 0.485 e. The van der Waals surface area contributed by atoms with Crippen LogP contribution < -0.4 is 4.74 Å². The summed E-state index contributed by atoms with van der Waals surface area (Å²) in [7, 11) is 0. The first-order valence-corrected chi connectivity index (χ1v) is 8.95. The maximum atomic E-state index is 12.1. The summed E-state index contributed by atoms with van der Waals surface area (Å²) in [6.45, 7) is 4.03. The smallest absolute Gasteiger partial charge is 0.202 e. The Kier molecular flexibility index (Phi) is 5.45. The minimum atomic E-state index is -0.0444. The van der Waals surface area contributed by atoms with Gasteiger partial charge in [0.05, 0.1) is 7.57 Å². The van der Waals surface area contributed by atoms with Gasteiger partial charge in [-0.15, -0.1) is 11.3 Å². The highest BCUT2D eigenvalue weighted by Crippen LogP contribution is 2.32. The van der Waals surface area contributed by atoms with E-state index < -0.39 is 0 Å². The maximum Gasteiger partial charge on any atom is 0.202 e. The van der Waals surface area contributed by atoms with E-state index >= 15 is 0 Å². The first kappa shape index (κ1) is 16.2. The molecule has 0 atom stereocenters. The van der Waals surface area contributed by atoms with Gasteiger partial charge in [0, 0.05) is 10.0 Å². The number of hydrogen-bond donors (Lipinski definition) is 0. The number of benzene rings is 1. The lowest BCUT2D eigenvalue weighted by Gasteiger charge is -2.09. The highest BCUT2D eigenvalue weighted by molar-refractivity contribution is 9.12. The first-order chi connectivity index (χ1) is 9.38. The van der Waals surface area contributed by atoms with Gasteiger partial charge in [-0.1, -0.05) is 15.9 Å². The standard InChI is InChI=1S/C14H11Br3O2S/c1-7-3-9(4-8(2)13(7)16)19-6-11(18)10-5-12(15)20-14(10)17/h3-5H,6H2,1-2H3. The molecule has 0 aliphatic rings. The number of ether oxygens (including phenoxy) is 1. The lowest BCUT2D eigenvalue weighted by molar-refractivity contribution is 0.0921. The van der Waals surface area contributed by atoms with Gasteiger partial charge < -0.3 is 4.74 Å². The number of hydrogen-bond acceptors (Lipinski definition) is 3. The summed E-state index contributed by atoms with van der Waals surface area (Å²) in [5, 5.41) is 0. The van der Waals surface area contributed by atoms with Crippen molar-refractivity contribution in [3.63, 3.8) is 0 Å². The molecule has 0 spiro atoms. The maximum absolute atomic E-state index is 12.1. The quantitative estimate of drug-likeness (QED) is 0.506. The van der Waals surface area contributed by atoms with Crippen LogP contribution in [0.4, 0.5) is 0 Å². The normalized spacial score (nSPS) is 10.7. The van der Waals surface area contributed by atoms with E-state index in [-0.39, 0.29) is 12.4 Å². The molecule has 20 heavy (non-hydrogen) atoms. The second kappa shape index (κ2) is 6.73. The third kappa shape index (κ3) is 3.72. The molecule has 0 radical (unpaired) electrons. The van der Waals surface area contributed by atoms with Gasteiger partial charge in [0.2, 0.25) is 5.78 Å². The van der Waals surface area contributed by atoms with Crippen LogP contribution in [0.3, 0.4) is 0 Å². The zero-order valence-electron chi connectivity index (χ0n) is 10.8. The molecule has 2 nitrogen and oxygen atoms in total. The summed E-state index contributed by atoms with van der Waals surface area (Å²) in [6, 6.07) is 5.64. The number of aryl methyl sites for hydroxylation is 2. The number of thiophene rings is 1. The average molecular weight is 483 g/mol. The number of carbonyl (C=O) groups is 1. The van der Waals surface area contributed by atoms with Gasteiger partial charge in [0.15, 0.2) is 6.61 Å². The van der Waals surface area contributed by atoms with E-state index in [0.717, 1.165) is 23.2 Å². The average Bonchev–Trinajstić information content (AvgIpc) is 2.72. The number of halogens is 3. The van der Waals surface area contributed by atoms with Gasteiger partial charge >= 0.3 is 0 Å². The van der Waals surface area contributed by atoms with Crippen LogP contribution in [0.25, 0.3) is 0 Å². The topological polar surface area (TPSA) is 26.3 Å². The number of Topliss-reactive ketones (excluding diaryl/α,β-unsaturated/α-hetero) is 1. The Labute approximate surface area is 146 Å². The van der Waals surface area contributed by atoms with Crippen molar-refractivity contribution in [1.82, 2.24) is 0 Å². The second-order valence-electron chi connectivity index (χ2n) is 4.32. The molecule has 6 heteroatoms. The van der Waals surface area contributed by atoms with Gasteiger partial charge in [0.25, 0.3) is 0 Å². The van der Waals surface area contributed by atoms with Crippen LogP contribution in [0.5, 0.6) is 5.75 Å². The van der Waals surface area contributed by atoms with Crippen LogP contribution >= 0.6 is 59.1 Å². The lowest BCUT2D eigenvalue weighted by atomic mass is 10.1. The van der Waals surface area contributed by atoms with Crippen molar-refractivity contribution in [2.24, 2.45) is 0 Å².